The van der Waals surface area contributed by atoms with Crippen LogP contribution in [0.15, 0.2) is 41.2 Å². The van der Waals surface area contributed by atoms with Crippen LogP contribution in [0.5, 0.6) is 11.5 Å². The van der Waals surface area contributed by atoms with Crippen LogP contribution in [0.4, 0.5) is 0 Å². The van der Waals surface area contributed by atoms with Crippen molar-refractivity contribution in [1.82, 2.24) is 9.55 Å². The van der Waals surface area contributed by atoms with Gasteiger partial charge < -0.3 is 18.8 Å². The Balaban J connectivity index is 1.90. The summed E-state index contributed by atoms with van der Waals surface area (Å²) < 4.78 is 17.1. The molecule has 0 bridgehead atoms. The lowest BCUT2D eigenvalue weighted by molar-refractivity contribution is 0.0469. The van der Waals surface area contributed by atoms with E-state index in [4.69, 9.17) is 25.8 Å². The third-order valence-corrected chi connectivity index (χ3v) is 4.35. The molecule has 7 nitrogen and oxygen atoms in total. The lowest BCUT2D eigenvalue weighted by atomic mass is 10.1. The van der Waals surface area contributed by atoms with Crippen molar-refractivity contribution >= 4 is 28.6 Å². The highest BCUT2D eigenvalue weighted by Crippen LogP contribution is 2.26. The third-order valence-electron chi connectivity index (χ3n) is 4.11. The van der Waals surface area contributed by atoms with Gasteiger partial charge in [0.25, 0.3) is 5.56 Å². The van der Waals surface area contributed by atoms with E-state index >= 15 is 0 Å². The quantitative estimate of drug-likeness (QED) is 0.625. The molecule has 0 spiro atoms. The van der Waals surface area contributed by atoms with Gasteiger partial charge in [-0.1, -0.05) is 23.7 Å². The number of halogens is 1. The predicted octanol–water partition coefficient (Wildman–Crippen LogP) is 2.96. The average Bonchev–Trinajstić information content (AvgIpc) is 2.70. The lowest BCUT2D eigenvalue weighted by Gasteiger charge is -2.12. The summed E-state index contributed by atoms with van der Waals surface area (Å²) in [6.45, 7) is 0.0888. The minimum atomic E-state index is -0.573. The fourth-order valence-electron chi connectivity index (χ4n) is 2.59. The van der Waals surface area contributed by atoms with Crippen LogP contribution >= 0.6 is 11.6 Å². The number of benzene rings is 2. The highest BCUT2D eigenvalue weighted by Gasteiger charge is 2.18. The molecule has 0 aliphatic heterocycles. The lowest BCUT2D eigenvalue weighted by Crippen LogP contribution is -2.19. The van der Waals surface area contributed by atoms with Crippen LogP contribution < -0.4 is 15.0 Å². The third kappa shape index (κ3) is 3.73. The van der Waals surface area contributed by atoms with Crippen molar-refractivity contribution in [2.45, 2.75) is 6.61 Å². The van der Waals surface area contributed by atoms with E-state index in [0.29, 0.717) is 11.0 Å². The SMILES string of the molecule is COc1ccc(COC(=O)c2cc3nc(Cl)c(=O)n(C)c3cc2OC)cc1. The van der Waals surface area contributed by atoms with E-state index in [1.807, 2.05) is 0 Å². The minimum absolute atomic E-state index is 0.0888. The first-order valence-electron chi connectivity index (χ1n) is 7.99. The van der Waals surface area contributed by atoms with Crippen LogP contribution in [0.2, 0.25) is 5.15 Å². The summed E-state index contributed by atoms with van der Waals surface area (Å²) >= 11 is 5.86. The zero-order valence-corrected chi connectivity index (χ0v) is 15.7. The number of fused-ring (bicyclic) bond motifs is 1. The summed E-state index contributed by atoms with van der Waals surface area (Å²) in [7, 11) is 4.58. The zero-order valence-electron chi connectivity index (χ0n) is 15.0. The number of ether oxygens (including phenoxy) is 3. The van der Waals surface area contributed by atoms with Crippen LogP contribution in [0, 0.1) is 0 Å². The molecule has 140 valence electrons. The van der Waals surface area contributed by atoms with Crippen LogP contribution in [0.3, 0.4) is 0 Å². The standard InChI is InChI=1S/C19H17ClN2O5/c1-22-15-9-16(26-3)13(8-14(15)21-17(20)18(22)23)19(24)27-10-11-4-6-12(25-2)7-5-11/h4-9H,10H2,1-3H3. The number of aryl methyl sites for hydroxylation is 1. The normalized spacial score (nSPS) is 10.7. The largest absolute Gasteiger partial charge is 0.497 e. The van der Waals surface area contributed by atoms with Crippen molar-refractivity contribution in [3.05, 3.63) is 63.0 Å². The maximum Gasteiger partial charge on any atom is 0.342 e. The van der Waals surface area contributed by atoms with Gasteiger partial charge in [0.15, 0.2) is 5.15 Å². The molecule has 27 heavy (non-hydrogen) atoms. The molecule has 3 rings (SSSR count). The first-order chi connectivity index (χ1) is 12.9. The van der Waals surface area contributed by atoms with E-state index in [1.54, 1.807) is 44.5 Å². The summed E-state index contributed by atoms with van der Waals surface area (Å²) in [6.07, 6.45) is 0. The first-order valence-corrected chi connectivity index (χ1v) is 8.36. The van der Waals surface area contributed by atoms with Crippen molar-refractivity contribution in [3.8, 4) is 11.5 Å². The Hall–Kier alpha value is -3.06. The second kappa shape index (κ2) is 7.67. The number of rotatable bonds is 5. The Labute approximate surface area is 160 Å². The van der Waals surface area contributed by atoms with Crippen LogP contribution in [0.1, 0.15) is 15.9 Å². The monoisotopic (exact) mass is 388 g/mol. The van der Waals surface area contributed by atoms with Crippen molar-refractivity contribution in [1.29, 1.82) is 0 Å². The molecule has 0 unspecified atom stereocenters. The molecule has 0 N–H and O–H groups in total. The second-order valence-corrected chi connectivity index (χ2v) is 6.09. The summed E-state index contributed by atoms with van der Waals surface area (Å²) in [5.74, 6) is 0.424. The Kier molecular flexibility index (Phi) is 5.32. The van der Waals surface area contributed by atoms with Gasteiger partial charge in [0.2, 0.25) is 0 Å². The van der Waals surface area contributed by atoms with Gasteiger partial charge in [-0.2, -0.15) is 0 Å². The molecule has 0 saturated carbocycles. The van der Waals surface area contributed by atoms with Gasteiger partial charge in [0.1, 0.15) is 23.7 Å². The molecule has 0 atom stereocenters. The highest BCUT2D eigenvalue weighted by molar-refractivity contribution is 6.29. The molecule has 0 radical (unpaired) electrons. The molecule has 2 aromatic carbocycles. The van der Waals surface area contributed by atoms with Gasteiger partial charge in [0.05, 0.1) is 25.3 Å². The molecule has 0 amide bonds. The van der Waals surface area contributed by atoms with E-state index in [9.17, 15) is 9.59 Å². The molecule has 0 aliphatic rings. The van der Waals surface area contributed by atoms with Gasteiger partial charge in [-0.05, 0) is 23.8 Å². The fraction of sp³-hybridized carbons (Fsp3) is 0.211. The number of methoxy groups -OCH3 is 2. The van der Waals surface area contributed by atoms with Crippen molar-refractivity contribution in [2.24, 2.45) is 7.05 Å². The van der Waals surface area contributed by atoms with Crippen LogP contribution in [0.25, 0.3) is 11.0 Å². The molecule has 1 aromatic heterocycles. The molecule has 0 saturated heterocycles. The summed E-state index contributed by atoms with van der Waals surface area (Å²) in [4.78, 5) is 28.5. The van der Waals surface area contributed by atoms with Crippen molar-refractivity contribution in [2.75, 3.05) is 14.2 Å². The van der Waals surface area contributed by atoms with E-state index in [1.165, 1.54) is 17.7 Å². The maximum absolute atomic E-state index is 12.5. The molecule has 1 heterocycles. The number of carbonyl (C=O) groups excluding carboxylic acids is 1. The number of aromatic nitrogens is 2. The Morgan fingerprint density at radius 2 is 1.85 bits per heavy atom. The molecular formula is C19H17ClN2O5. The molecule has 8 heteroatoms. The van der Waals surface area contributed by atoms with Crippen molar-refractivity contribution in [3.63, 3.8) is 0 Å². The van der Waals surface area contributed by atoms with Gasteiger partial charge in [-0.3, -0.25) is 4.79 Å². The van der Waals surface area contributed by atoms with E-state index in [0.717, 1.165) is 11.3 Å². The second-order valence-electron chi connectivity index (χ2n) is 5.73. The Morgan fingerprint density at radius 1 is 1.15 bits per heavy atom. The van der Waals surface area contributed by atoms with E-state index in [-0.39, 0.29) is 23.1 Å². The summed E-state index contributed by atoms with van der Waals surface area (Å²) in [5, 5.41) is -0.173. The zero-order chi connectivity index (χ0) is 19.6. The summed E-state index contributed by atoms with van der Waals surface area (Å²) in [5.41, 5.74) is 1.46. The Morgan fingerprint density at radius 3 is 2.48 bits per heavy atom. The molecule has 0 fully saturated rings. The van der Waals surface area contributed by atoms with Gasteiger partial charge in [-0.25, -0.2) is 9.78 Å². The fourth-order valence-corrected chi connectivity index (χ4v) is 2.81. The maximum atomic E-state index is 12.5. The summed E-state index contributed by atoms with van der Waals surface area (Å²) in [6, 6.07) is 10.2. The van der Waals surface area contributed by atoms with Crippen molar-refractivity contribution < 1.29 is 19.0 Å². The average molecular weight is 389 g/mol. The van der Waals surface area contributed by atoms with Gasteiger partial charge in [-0.15, -0.1) is 0 Å². The minimum Gasteiger partial charge on any atom is -0.497 e. The van der Waals surface area contributed by atoms with E-state index in [2.05, 4.69) is 4.98 Å². The van der Waals surface area contributed by atoms with Crippen LogP contribution in [-0.4, -0.2) is 29.7 Å². The number of hydrogen-bond donors (Lipinski definition) is 0. The van der Waals surface area contributed by atoms with Gasteiger partial charge >= 0.3 is 5.97 Å². The first kappa shape index (κ1) is 18.7. The molecule has 3 aromatic rings. The number of nitrogens with zero attached hydrogens (tertiary/aromatic N) is 2. The number of carbonyl (C=O) groups is 1. The highest BCUT2D eigenvalue weighted by atomic mass is 35.5. The topological polar surface area (TPSA) is 79.7 Å². The predicted molar refractivity (Wildman–Crippen MR) is 101 cm³/mol. The molecule has 0 aliphatic carbocycles. The Bertz CT molecular complexity index is 1060. The van der Waals surface area contributed by atoms with Crippen LogP contribution in [-0.2, 0) is 18.4 Å². The number of esters is 1. The number of hydrogen-bond acceptors (Lipinski definition) is 6. The molecular weight excluding hydrogens is 372 g/mol. The van der Waals surface area contributed by atoms with Gasteiger partial charge in [0, 0.05) is 13.1 Å². The van der Waals surface area contributed by atoms with E-state index < -0.39 is 11.5 Å². The smallest absolute Gasteiger partial charge is 0.342 e.